The highest BCUT2D eigenvalue weighted by Gasteiger charge is 2.54. The smallest absolute Gasteiger partial charge is 0.369 e. The van der Waals surface area contributed by atoms with Crippen LogP contribution < -0.4 is 5.73 Å². The molecule has 0 spiro atoms. The van der Waals surface area contributed by atoms with Crippen molar-refractivity contribution in [2.45, 2.75) is 83.2 Å². The molecule has 1 saturated carbocycles. The van der Waals surface area contributed by atoms with Crippen molar-refractivity contribution >= 4 is 0 Å². The summed E-state index contributed by atoms with van der Waals surface area (Å²) in [7, 11) is 0. The molecule has 0 bridgehead atoms. The molecule has 2 fully saturated rings. The first kappa shape index (κ1) is 17.1. The molecule has 0 aromatic carbocycles. The summed E-state index contributed by atoms with van der Waals surface area (Å²) in [5.41, 5.74) is 5.58. The van der Waals surface area contributed by atoms with Crippen molar-refractivity contribution in [2.24, 2.45) is 23.5 Å². The molecule has 0 radical (unpaired) electrons. The zero-order chi connectivity index (χ0) is 16.1. The van der Waals surface area contributed by atoms with E-state index < -0.39 is 29.7 Å². The van der Waals surface area contributed by atoms with Crippen LogP contribution in [-0.4, -0.2) is 23.4 Å². The van der Waals surface area contributed by atoms with Gasteiger partial charge in [0, 0.05) is 12.0 Å². The van der Waals surface area contributed by atoms with E-state index in [1.807, 2.05) is 27.7 Å². The van der Waals surface area contributed by atoms with Crippen molar-refractivity contribution in [3.05, 3.63) is 0 Å². The monoisotopic (exact) mass is 307 g/mol. The summed E-state index contributed by atoms with van der Waals surface area (Å²) in [6.07, 6.45) is -1.10. The molecule has 1 saturated heterocycles. The molecule has 0 aromatic heterocycles. The molecule has 1 aliphatic heterocycles. The Kier molecular flexibility index (Phi) is 4.40. The second kappa shape index (κ2) is 5.41. The molecule has 4 unspecified atom stereocenters. The van der Waals surface area contributed by atoms with Crippen molar-refractivity contribution in [3.8, 4) is 0 Å². The highest BCUT2D eigenvalue weighted by Crippen LogP contribution is 2.49. The normalized spacial score (nSPS) is 37.4. The molecule has 4 atom stereocenters. The van der Waals surface area contributed by atoms with E-state index in [-0.39, 0.29) is 17.9 Å². The molecule has 1 aliphatic carbocycles. The summed E-state index contributed by atoms with van der Waals surface area (Å²) < 4.78 is 45.9. The van der Waals surface area contributed by atoms with Crippen LogP contribution in [0, 0.1) is 17.8 Å². The average Bonchev–Trinajstić information content (AvgIpc) is 2.55. The van der Waals surface area contributed by atoms with Gasteiger partial charge >= 0.3 is 6.18 Å². The van der Waals surface area contributed by atoms with E-state index in [1.54, 1.807) is 0 Å². The van der Waals surface area contributed by atoms with Crippen LogP contribution in [0.1, 0.15) is 59.8 Å². The van der Waals surface area contributed by atoms with Gasteiger partial charge in [0.2, 0.25) is 0 Å². The third-order valence-corrected chi connectivity index (χ3v) is 5.34. The predicted molar refractivity (Wildman–Crippen MR) is 76.8 cm³/mol. The van der Waals surface area contributed by atoms with E-state index in [0.29, 0.717) is 12.8 Å². The van der Waals surface area contributed by atoms with Gasteiger partial charge in [-0.05, 0) is 52.9 Å². The Morgan fingerprint density at radius 1 is 1.10 bits per heavy atom. The lowest BCUT2D eigenvalue weighted by atomic mass is 9.68. The van der Waals surface area contributed by atoms with Crippen LogP contribution in [-0.2, 0) is 4.74 Å². The first-order valence-electron chi connectivity index (χ1n) is 7.96. The van der Waals surface area contributed by atoms with Gasteiger partial charge in [-0.1, -0.05) is 12.8 Å². The van der Waals surface area contributed by atoms with Gasteiger partial charge in [-0.3, -0.25) is 0 Å². The molecule has 2 nitrogen and oxygen atoms in total. The van der Waals surface area contributed by atoms with Crippen molar-refractivity contribution in [1.82, 2.24) is 0 Å². The Labute approximate surface area is 125 Å². The number of rotatable bonds is 2. The summed E-state index contributed by atoms with van der Waals surface area (Å²) in [4.78, 5) is 0. The van der Waals surface area contributed by atoms with E-state index in [0.717, 1.165) is 12.8 Å². The Morgan fingerprint density at radius 3 is 2.14 bits per heavy atom. The summed E-state index contributed by atoms with van der Waals surface area (Å²) in [5.74, 6) is -1.75. The second-order valence-corrected chi connectivity index (χ2v) is 7.95. The maximum Gasteiger partial charge on any atom is 0.392 e. The van der Waals surface area contributed by atoms with E-state index >= 15 is 0 Å². The van der Waals surface area contributed by atoms with Crippen LogP contribution >= 0.6 is 0 Å². The van der Waals surface area contributed by atoms with Crippen molar-refractivity contribution in [2.75, 3.05) is 0 Å². The quantitative estimate of drug-likeness (QED) is 0.826. The van der Waals surface area contributed by atoms with E-state index in [9.17, 15) is 13.2 Å². The lowest BCUT2D eigenvalue weighted by Gasteiger charge is -2.41. The maximum atomic E-state index is 13.3. The van der Waals surface area contributed by atoms with Gasteiger partial charge in [-0.25, -0.2) is 0 Å². The Hall–Kier alpha value is -0.290. The fourth-order valence-electron chi connectivity index (χ4n) is 4.53. The van der Waals surface area contributed by atoms with Crippen molar-refractivity contribution in [3.63, 3.8) is 0 Å². The minimum absolute atomic E-state index is 0.0274. The molecular weight excluding hydrogens is 279 g/mol. The van der Waals surface area contributed by atoms with Gasteiger partial charge in [0.25, 0.3) is 0 Å². The van der Waals surface area contributed by atoms with Crippen LogP contribution in [0.3, 0.4) is 0 Å². The number of alkyl halides is 3. The van der Waals surface area contributed by atoms with Crippen molar-refractivity contribution in [1.29, 1.82) is 0 Å². The number of nitrogens with two attached hydrogens (primary N) is 1. The molecule has 2 aliphatic rings. The molecule has 2 N–H and O–H groups in total. The summed E-state index contributed by atoms with van der Waals surface area (Å²) >= 11 is 0. The number of halogens is 3. The topological polar surface area (TPSA) is 35.2 Å². The largest absolute Gasteiger partial charge is 0.392 e. The zero-order valence-electron chi connectivity index (χ0n) is 13.5. The molecule has 5 heteroatoms. The van der Waals surface area contributed by atoms with Crippen LogP contribution in [0.15, 0.2) is 0 Å². The SMILES string of the molecule is CC1(C)CC(C(N)C2CCCCC2C(F)(F)F)C(C)(C)O1. The summed E-state index contributed by atoms with van der Waals surface area (Å²) in [6.45, 7) is 7.89. The van der Waals surface area contributed by atoms with Crippen LogP contribution in [0.2, 0.25) is 0 Å². The third kappa shape index (κ3) is 3.55. The molecule has 2 rings (SSSR count). The van der Waals surface area contributed by atoms with Gasteiger partial charge in [0.15, 0.2) is 0 Å². The van der Waals surface area contributed by atoms with Gasteiger partial charge in [0.05, 0.1) is 17.1 Å². The molecular formula is C16H28F3NO. The standard InChI is InChI=1S/C16H28F3NO/c1-14(2)9-12(15(3,4)21-14)13(20)10-7-5-6-8-11(10)16(17,18)19/h10-13H,5-9,20H2,1-4H3. The first-order chi connectivity index (χ1) is 9.44. The number of hydrogen-bond donors (Lipinski definition) is 1. The van der Waals surface area contributed by atoms with Gasteiger partial charge in [-0.15, -0.1) is 0 Å². The molecule has 124 valence electrons. The lowest BCUT2D eigenvalue weighted by molar-refractivity contribution is -0.201. The second-order valence-electron chi connectivity index (χ2n) is 7.95. The highest BCUT2D eigenvalue weighted by atomic mass is 19.4. The lowest BCUT2D eigenvalue weighted by Crippen LogP contribution is -2.50. The number of ether oxygens (including phenoxy) is 1. The highest BCUT2D eigenvalue weighted by molar-refractivity contribution is 5.02. The van der Waals surface area contributed by atoms with Gasteiger partial charge < -0.3 is 10.5 Å². The average molecular weight is 307 g/mol. The summed E-state index contributed by atoms with van der Waals surface area (Å²) in [6, 6.07) is -0.450. The summed E-state index contributed by atoms with van der Waals surface area (Å²) in [5, 5.41) is 0. The Bertz CT molecular complexity index is 378. The zero-order valence-corrected chi connectivity index (χ0v) is 13.5. The Morgan fingerprint density at radius 2 is 1.67 bits per heavy atom. The van der Waals surface area contributed by atoms with Crippen LogP contribution in [0.5, 0.6) is 0 Å². The fourth-order valence-corrected chi connectivity index (χ4v) is 4.53. The molecule has 21 heavy (non-hydrogen) atoms. The molecule has 1 heterocycles. The first-order valence-corrected chi connectivity index (χ1v) is 7.96. The minimum Gasteiger partial charge on any atom is -0.369 e. The maximum absolute atomic E-state index is 13.3. The third-order valence-electron chi connectivity index (χ3n) is 5.34. The van der Waals surface area contributed by atoms with Crippen LogP contribution in [0.4, 0.5) is 13.2 Å². The fraction of sp³-hybridized carbons (Fsp3) is 1.00. The van der Waals surface area contributed by atoms with Gasteiger partial charge in [0.1, 0.15) is 0 Å². The predicted octanol–water partition coefficient (Wildman–Crippen LogP) is 4.28. The van der Waals surface area contributed by atoms with E-state index in [2.05, 4.69) is 0 Å². The Balaban J connectivity index is 2.19. The van der Waals surface area contributed by atoms with Gasteiger partial charge in [-0.2, -0.15) is 13.2 Å². The molecule has 0 amide bonds. The van der Waals surface area contributed by atoms with Crippen LogP contribution in [0.25, 0.3) is 0 Å². The van der Waals surface area contributed by atoms with E-state index in [1.165, 1.54) is 0 Å². The molecule has 0 aromatic rings. The number of hydrogen-bond acceptors (Lipinski definition) is 2. The van der Waals surface area contributed by atoms with Crippen molar-refractivity contribution < 1.29 is 17.9 Å². The van der Waals surface area contributed by atoms with E-state index in [4.69, 9.17) is 10.5 Å². The minimum atomic E-state index is -4.14.